The Morgan fingerprint density at radius 1 is 1.14 bits per heavy atom. The van der Waals surface area contributed by atoms with Crippen LogP contribution in [0.15, 0.2) is 47.6 Å². The molecule has 2 aromatic carbocycles. The van der Waals surface area contributed by atoms with Crippen LogP contribution in [0.3, 0.4) is 0 Å². The second kappa shape index (κ2) is 8.93. The monoisotopic (exact) mass is 411 g/mol. The van der Waals surface area contributed by atoms with E-state index < -0.39 is 5.91 Å². The molecule has 0 saturated carbocycles. The minimum atomic E-state index is -0.419. The van der Waals surface area contributed by atoms with Crippen LogP contribution in [0, 0.1) is 6.92 Å². The molecule has 1 heterocycles. The van der Waals surface area contributed by atoms with Crippen LogP contribution in [0.4, 0.5) is 5.13 Å². The molecule has 0 saturated heterocycles. The van der Waals surface area contributed by atoms with Crippen molar-refractivity contribution >= 4 is 34.5 Å². The van der Waals surface area contributed by atoms with Crippen molar-refractivity contribution in [3.05, 3.63) is 64.2 Å². The summed E-state index contributed by atoms with van der Waals surface area (Å²) in [6, 6.07) is 11.3. The Morgan fingerprint density at radius 3 is 2.72 bits per heavy atom. The van der Waals surface area contributed by atoms with Crippen LogP contribution in [0.2, 0.25) is 0 Å². The number of nitrogens with one attached hydrogen (secondary N) is 2. The quantitative estimate of drug-likeness (QED) is 0.279. The lowest BCUT2D eigenvalue weighted by atomic mass is 10.1. The minimum absolute atomic E-state index is 0.0594. The molecule has 4 N–H and O–H groups in total. The number of hydrogen-bond donors (Lipinski definition) is 4. The maximum Gasteiger partial charge on any atom is 0.257 e. The van der Waals surface area contributed by atoms with Crippen molar-refractivity contribution in [2.75, 3.05) is 5.32 Å². The number of carbonyl (C=O) groups excluding carboxylic acids is 2. The Balaban J connectivity index is 1.52. The first-order chi connectivity index (χ1) is 13.9. The number of nitrogens with zero attached hydrogens (tertiary/aromatic N) is 3. The van der Waals surface area contributed by atoms with Gasteiger partial charge in [0.25, 0.3) is 5.91 Å². The molecule has 0 radical (unpaired) electrons. The summed E-state index contributed by atoms with van der Waals surface area (Å²) in [7, 11) is 0. The molecule has 0 fully saturated rings. The SMILES string of the molecule is Cc1cccc(C(=O)Nc2nnc(CC(=O)N/N=C\c3ccc(O)c(O)c3)s2)c1. The zero-order valence-corrected chi connectivity index (χ0v) is 16.1. The van der Waals surface area contributed by atoms with Gasteiger partial charge in [-0.3, -0.25) is 14.9 Å². The number of amides is 2. The lowest BCUT2D eigenvalue weighted by Gasteiger charge is -2.01. The smallest absolute Gasteiger partial charge is 0.257 e. The summed E-state index contributed by atoms with van der Waals surface area (Å²) in [5.74, 6) is -1.25. The van der Waals surface area contributed by atoms with Crippen molar-refractivity contribution in [2.24, 2.45) is 5.10 Å². The number of benzene rings is 2. The summed E-state index contributed by atoms with van der Waals surface area (Å²) in [5.41, 5.74) is 4.31. The average Bonchev–Trinajstić information content (AvgIpc) is 3.11. The van der Waals surface area contributed by atoms with E-state index in [4.69, 9.17) is 0 Å². The molecular weight excluding hydrogens is 394 g/mol. The molecule has 0 atom stereocenters. The molecule has 0 spiro atoms. The first kappa shape index (κ1) is 20.0. The van der Waals surface area contributed by atoms with Gasteiger partial charge in [-0.15, -0.1) is 10.2 Å². The summed E-state index contributed by atoms with van der Waals surface area (Å²) in [6.07, 6.45) is 1.26. The number of carbonyl (C=O) groups is 2. The van der Waals surface area contributed by atoms with E-state index in [1.165, 1.54) is 24.4 Å². The zero-order valence-electron chi connectivity index (χ0n) is 15.3. The van der Waals surface area contributed by atoms with Crippen LogP contribution < -0.4 is 10.7 Å². The molecule has 148 valence electrons. The van der Waals surface area contributed by atoms with Crippen molar-refractivity contribution in [1.29, 1.82) is 0 Å². The number of aromatic nitrogens is 2. The molecule has 0 unspecified atom stereocenters. The largest absolute Gasteiger partial charge is 0.504 e. The molecule has 0 aliphatic carbocycles. The van der Waals surface area contributed by atoms with E-state index in [1.54, 1.807) is 18.2 Å². The molecule has 0 bridgehead atoms. The normalized spacial score (nSPS) is 10.8. The summed E-state index contributed by atoms with van der Waals surface area (Å²) < 4.78 is 0. The molecule has 0 aliphatic rings. The van der Waals surface area contributed by atoms with E-state index in [9.17, 15) is 19.8 Å². The van der Waals surface area contributed by atoms with E-state index in [1.807, 2.05) is 13.0 Å². The van der Waals surface area contributed by atoms with Crippen LogP contribution >= 0.6 is 11.3 Å². The fourth-order valence-corrected chi connectivity index (χ4v) is 3.04. The third-order valence-corrected chi connectivity index (χ3v) is 4.52. The highest BCUT2D eigenvalue weighted by molar-refractivity contribution is 7.15. The lowest BCUT2D eigenvalue weighted by Crippen LogP contribution is -2.19. The fourth-order valence-electron chi connectivity index (χ4n) is 2.31. The topological polar surface area (TPSA) is 137 Å². The number of hydrazone groups is 1. The van der Waals surface area contributed by atoms with Gasteiger partial charge >= 0.3 is 0 Å². The molecule has 9 nitrogen and oxygen atoms in total. The van der Waals surface area contributed by atoms with E-state index >= 15 is 0 Å². The summed E-state index contributed by atoms with van der Waals surface area (Å²) in [5, 5.41) is 33.6. The lowest BCUT2D eigenvalue weighted by molar-refractivity contribution is -0.120. The number of aryl methyl sites for hydroxylation is 1. The van der Waals surface area contributed by atoms with Gasteiger partial charge in [0.05, 0.1) is 12.6 Å². The van der Waals surface area contributed by atoms with E-state index in [0.29, 0.717) is 21.3 Å². The number of anilines is 1. The maximum absolute atomic E-state index is 12.2. The Kier molecular flexibility index (Phi) is 6.15. The van der Waals surface area contributed by atoms with Crippen molar-refractivity contribution < 1.29 is 19.8 Å². The highest BCUT2D eigenvalue weighted by atomic mass is 32.1. The number of hydrogen-bond acceptors (Lipinski definition) is 8. The Morgan fingerprint density at radius 2 is 1.97 bits per heavy atom. The van der Waals surface area contributed by atoms with Gasteiger partial charge in [0.1, 0.15) is 5.01 Å². The average molecular weight is 411 g/mol. The predicted molar refractivity (Wildman–Crippen MR) is 108 cm³/mol. The summed E-state index contributed by atoms with van der Waals surface area (Å²) >= 11 is 1.09. The van der Waals surface area contributed by atoms with Crippen molar-refractivity contribution in [3.63, 3.8) is 0 Å². The highest BCUT2D eigenvalue weighted by Gasteiger charge is 2.12. The van der Waals surface area contributed by atoms with Crippen molar-refractivity contribution in [2.45, 2.75) is 13.3 Å². The Labute approximate surface area is 169 Å². The first-order valence-electron chi connectivity index (χ1n) is 8.45. The number of rotatable bonds is 6. The fraction of sp³-hybridized carbons (Fsp3) is 0.105. The Bertz CT molecular complexity index is 1080. The van der Waals surface area contributed by atoms with Crippen molar-refractivity contribution in [1.82, 2.24) is 15.6 Å². The van der Waals surface area contributed by atoms with Crippen LogP contribution in [0.25, 0.3) is 0 Å². The molecule has 0 aliphatic heterocycles. The van der Waals surface area contributed by atoms with Crippen LogP contribution in [-0.2, 0) is 11.2 Å². The van der Waals surface area contributed by atoms with E-state index in [2.05, 4.69) is 26.0 Å². The van der Waals surface area contributed by atoms with Crippen LogP contribution in [0.1, 0.15) is 26.5 Å². The highest BCUT2D eigenvalue weighted by Crippen LogP contribution is 2.24. The van der Waals surface area contributed by atoms with Crippen LogP contribution in [0.5, 0.6) is 11.5 Å². The van der Waals surface area contributed by atoms with Gasteiger partial charge in [-0.1, -0.05) is 29.0 Å². The second-order valence-electron chi connectivity index (χ2n) is 6.04. The molecule has 2 amide bonds. The number of phenolic OH excluding ortho intramolecular Hbond substituents is 2. The van der Waals surface area contributed by atoms with Gasteiger partial charge in [0, 0.05) is 5.56 Å². The van der Waals surface area contributed by atoms with Gasteiger partial charge < -0.3 is 10.2 Å². The summed E-state index contributed by atoms with van der Waals surface area (Å²) in [4.78, 5) is 24.2. The number of phenols is 2. The number of aromatic hydroxyl groups is 2. The molecule has 29 heavy (non-hydrogen) atoms. The molecular formula is C19H17N5O4S. The standard InChI is InChI=1S/C19H17N5O4S/c1-11-3-2-4-13(7-11)18(28)21-19-24-23-17(29-19)9-16(27)22-20-10-12-5-6-14(25)15(26)8-12/h2-8,10,25-26H,9H2,1H3,(H,22,27)(H,21,24,28)/b20-10-. The van der Waals surface area contributed by atoms with Crippen LogP contribution in [-0.4, -0.2) is 38.4 Å². The van der Waals surface area contributed by atoms with E-state index in [0.717, 1.165) is 16.9 Å². The van der Waals surface area contributed by atoms with Gasteiger partial charge in [-0.05, 0) is 42.8 Å². The van der Waals surface area contributed by atoms with Gasteiger partial charge in [0.2, 0.25) is 11.0 Å². The van der Waals surface area contributed by atoms with Crippen molar-refractivity contribution in [3.8, 4) is 11.5 Å². The molecule has 3 rings (SSSR count). The maximum atomic E-state index is 12.2. The van der Waals surface area contributed by atoms with Gasteiger partial charge in [0.15, 0.2) is 11.5 Å². The predicted octanol–water partition coefficient (Wildman–Crippen LogP) is 2.20. The molecule has 3 aromatic rings. The zero-order chi connectivity index (χ0) is 20.8. The second-order valence-corrected chi connectivity index (χ2v) is 7.10. The Hall–Kier alpha value is -3.79. The summed E-state index contributed by atoms with van der Waals surface area (Å²) in [6.45, 7) is 1.89. The third kappa shape index (κ3) is 5.59. The van der Waals surface area contributed by atoms with Gasteiger partial charge in [-0.2, -0.15) is 5.10 Å². The van der Waals surface area contributed by atoms with Gasteiger partial charge in [-0.25, -0.2) is 5.43 Å². The molecule has 1 aromatic heterocycles. The first-order valence-corrected chi connectivity index (χ1v) is 9.26. The molecule has 10 heteroatoms. The van der Waals surface area contributed by atoms with E-state index in [-0.39, 0.29) is 23.8 Å². The minimum Gasteiger partial charge on any atom is -0.504 e. The third-order valence-electron chi connectivity index (χ3n) is 3.68.